The van der Waals surface area contributed by atoms with Crippen molar-refractivity contribution >= 4 is 23.1 Å². The van der Waals surface area contributed by atoms with Crippen molar-refractivity contribution in [1.82, 2.24) is 14.8 Å². The van der Waals surface area contributed by atoms with Crippen LogP contribution in [-0.4, -0.2) is 32.4 Å². The van der Waals surface area contributed by atoms with Crippen LogP contribution in [0.25, 0.3) is 10.6 Å². The Morgan fingerprint density at radius 3 is 2.96 bits per heavy atom. The van der Waals surface area contributed by atoms with Gasteiger partial charge >= 0.3 is 0 Å². The highest BCUT2D eigenvalue weighted by molar-refractivity contribution is 7.13. The fourth-order valence-electron chi connectivity index (χ4n) is 2.34. The molecule has 0 bridgehead atoms. The van der Waals surface area contributed by atoms with Gasteiger partial charge in [0.1, 0.15) is 11.5 Å². The number of anilines is 1. The number of amides is 1. The van der Waals surface area contributed by atoms with Crippen LogP contribution in [0.4, 0.5) is 5.82 Å². The van der Waals surface area contributed by atoms with Crippen molar-refractivity contribution < 1.29 is 9.90 Å². The van der Waals surface area contributed by atoms with Crippen LogP contribution in [0.3, 0.4) is 0 Å². The molecule has 0 aliphatic rings. The Hall–Kier alpha value is -2.51. The van der Waals surface area contributed by atoms with Gasteiger partial charge in [-0.3, -0.25) is 9.78 Å². The van der Waals surface area contributed by atoms with Crippen LogP contribution in [0.1, 0.15) is 12.0 Å². The molecule has 0 radical (unpaired) electrons. The van der Waals surface area contributed by atoms with Crippen LogP contribution in [0.15, 0.2) is 48.1 Å². The topological polar surface area (TPSA) is 80.0 Å². The largest absolute Gasteiger partial charge is 0.394 e. The molecule has 0 saturated carbocycles. The van der Waals surface area contributed by atoms with Gasteiger partial charge in [0, 0.05) is 24.9 Å². The van der Waals surface area contributed by atoms with Crippen LogP contribution in [0.5, 0.6) is 0 Å². The van der Waals surface area contributed by atoms with Gasteiger partial charge in [-0.2, -0.15) is 5.10 Å². The molecule has 3 rings (SSSR count). The lowest BCUT2D eigenvalue weighted by Crippen LogP contribution is -2.17. The van der Waals surface area contributed by atoms with Crippen molar-refractivity contribution in [3.63, 3.8) is 0 Å². The fourth-order valence-corrected chi connectivity index (χ4v) is 3.02. The minimum absolute atomic E-state index is 0.0376. The first-order valence-electron chi connectivity index (χ1n) is 7.67. The molecule has 24 heavy (non-hydrogen) atoms. The highest BCUT2D eigenvalue weighted by atomic mass is 32.1. The molecule has 3 aromatic rings. The number of thiophene rings is 1. The molecule has 2 N–H and O–H groups in total. The molecule has 3 aromatic heterocycles. The third-order valence-corrected chi connectivity index (χ3v) is 4.39. The Morgan fingerprint density at radius 1 is 1.33 bits per heavy atom. The van der Waals surface area contributed by atoms with E-state index in [0.29, 0.717) is 25.2 Å². The number of aliphatic hydroxyl groups is 1. The van der Waals surface area contributed by atoms with Gasteiger partial charge in [0.2, 0.25) is 5.91 Å². The number of nitrogens with one attached hydrogen (secondary N) is 1. The third-order valence-electron chi connectivity index (χ3n) is 3.50. The summed E-state index contributed by atoms with van der Waals surface area (Å²) < 4.78 is 1.62. The molecule has 0 spiro atoms. The zero-order valence-corrected chi connectivity index (χ0v) is 13.9. The predicted octanol–water partition coefficient (Wildman–Crippen LogP) is 2.57. The number of aryl methyl sites for hydroxylation is 1. The van der Waals surface area contributed by atoms with Crippen molar-refractivity contribution in [2.45, 2.75) is 19.4 Å². The number of aliphatic hydroxyl groups excluding tert-OH is 1. The number of rotatable bonds is 7. The minimum Gasteiger partial charge on any atom is -0.394 e. The summed E-state index contributed by atoms with van der Waals surface area (Å²) >= 11 is 1.58. The summed E-state index contributed by atoms with van der Waals surface area (Å²) in [5.41, 5.74) is 1.82. The standard InChI is InChI=1S/C17H18N4O2S/c22-9-8-21-16(11-14(20-21)15-4-2-10-24-15)19-17(23)6-5-13-3-1-7-18-12-13/h1-4,7,10-12,22H,5-6,8-9H2,(H,19,23). The normalized spacial score (nSPS) is 10.7. The minimum atomic E-state index is -0.0873. The van der Waals surface area contributed by atoms with E-state index >= 15 is 0 Å². The highest BCUT2D eigenvalue weighted by Gasteiger charge is 2.12. The van der Waals surface area contributed by atoms with E-state index < -0.39 is 0 Å². The number of carbonyl (C=O) groups is 1. The summed E-state index contributed by atoms with van der Waals surface area (Å²) in [7, 11) is 0. The quantitative estimate of drug-likeness (QED) is 0.691. The molecule has 124 valence electrons. The smallest absolute Gasteiger partial charge is 0.225 e. The van der Waals surface area contributed by atoms with Gasteiger partial charge in [-0.1, -0.05) is 12.1 Å². The second-order valence-corrected chi connectivity index (χ2v) is 6.20. The maximum atomic E-state index is 12.2. The summed E-state index contributed by atoms with van der Waals surface area (Å²) in [6.07, 6.45) is 4.47. The first kappa shape index (κ1) is 16.4. The van der Waals surface area contributed by atoms with Crippen LogP contribution in [-0.2, 0) is 17.8 Å². The summed E-state index contributed by atoms with van der Waals surface area (Å²) in [6, 6.07) is 9.58. The molecule has 0 aliphatic heterocycles. The van der Waals surface area contributed by atoms with Crippen LogP contribution >= 0.6 is 11.3 Å². The Bertz CT molecular complexity index is 784. The molecule has 0 fully saturated rings. The molecule has 7 heteroatoms. The van der Waals surface area contributed by atoms with Gasteiger partial charge in [-0.25, -0.2) is 4.68 Å². The molecular formula is C17H18N4O2S. The van der Waals surface area contributed by atoms with Crippen LogP contribution in [0, 0.1) is 0 Å². The molecule has 0 saturated heterocycles. The molecule has 6 nitrogen and oxygen atoms in total. The van der Waals surface area contributed by atoms with E-state index in [-0.39, 0.29) is 12.5 Å². The maximum Gasteiger partial charge on any atom is 0.225 e. The zero-order valence-electron chi connectivity index (χ0n) is 13.1. The van der Waals surface area contributed by atoms with E-state index in [1.54, 1.807) is 28.4 Å². The number of nitrogens with zero attached hydrogens (tertiary/aromatic N) is 3. The van der Waals surface area contributed by atoms with Gasteiger partial charge < -0.3 is 10.4 Å². The average molecular weight is 342 g/mol. The van der Waals surface area contributed by atoms with E-state index in [2.05, 4.69) is 15.4 Å². The summed E-state index contributed by atoms with van der Waals surface area (Å²) in [5.74, 6) is 0.513. The molecule has 3 heterocycles. The van der Waals surface area contributed by atoms with Crippen LogP contribution in [0.2, 0.25) is 0 Å². The van der Waals surface area contributed by atoms with Gasteiger partial charge in [0.25, 0.3) is 0 Å². The number of hydrogen-bond donors (Lipinski definition) is 2. The van der Waals surface area contributed by atoms with Gasteiger partial charge in [-0.05, 0) is 29.5 Å². The van der Waals surface area contributed by atoms with Crippen molar-refractivity contribution in [2.24, 2.45) is 0 Å². The second kappa shape index (κ2) is 7.85. The fraction of sp³-hybridized carbons (Fsp3) is 0.235. The van der Waals surface area contributed by atoms with Gasteiger partial charge in [-0.15, -0.1) is 11.3 Å². The number of carbonyl (C=O) groups excluding carboxylic acids is 1. The maximum absolute atomic E-state index is 12.2. The van der Waals surface area contributed by atoms with Crippen molar-refractivity contribution in [3.05, 3.63) is 53.7 Å². The summed E-state index contributed by atoms with van der Waals surface area (Å²) in [6.45, 7) is 0.299. The van der Waals surface area contributed by atoms with Crippen molar-refractivity contribution in [2.75, 3.05) is 11.9 Å². The van der Waals surface area contributed by atoms with E-state index in [0.717, 1.165) is 16.1 Å². The van der Waals surface area contributed by atoms with E-state index in [4.69, 9.17) is 0 Å². The molecule has 1 amide bonds. The Balaban J connectivity index is 1.68. The molecule has 0 aromatic carbocycles. The number of pyridine rings is 1. The summed E-state index contributed by atoms with van der Waals surface area (Å²) in [5, 5.41) is 18.5. The molecule has 0 unspecified atom stereocenters. The lowest BCUT2D eigenvalue weighted by atomic mass is 10.1. The molecule has 0 aliphatic carbocycles. The number of aromatic nitrogens is 3. The van der Waals surface area contributed by atoms with Crippen molar-refractivity contribution in [3.8, 4) is 10.6 Å². The second-order valence-electron chi connectivity index (χ2n) is 5.25. The van der Waals surface area contributed by atoms with E-state index in [1.165, 1.54) is 0 Å². The van der Waals surface area contributed by atoms with E-state index in [1.807, 2.05) is 35.7 Å². The monoisotopic (exact) mass is 342 g/mol. The average Bonchev–Trinajstić information content (AvgIpc) is 3.25. The lowest BCUT2D eigenvalue weighted by Gasteiger charge is -2.07. The zero-order chi connectivity index (χ0) is 16.8. The lowest BCUT2D eigenvalue weighted by molar-refractivity contribution is -0.116. The molecule has 0 atom stereocenters. The highest BCUT2D eigenvalue weighted by Crippen LogP contribution is 2.26. The predicted molar refractivity (Wildman–Crippen MR) is 93.8 cm³/mol. The van der Waals surface area contributed by atoms with Crippen LogP contribution < -0.4 is 5.32 Å². The SMILES string of the molecule is O=C(CCc1cccnc1)Nc1cc(-c2cccs2)nn1CCO. The number of hydrogen-bond acceptors (Lipinski definition) is 5. The van der Waals surface area contributed by atoms with Crippen molar-refractivity contribution in [1.29, 1.82) is 0 Å². The summed E-state index contributed by atoms with van der Waals surface area (Å²) in [4.78, 5) is 17.3. The van der Waals surface area contributed by atoms with Gasteiger partial charge in [0.15, 0.2) is 0 Å². The Kier molecular flexibility index (Phi) is 5.35. The Labute approximate surface area is 143 Å². The molecular weight excluding hydrogens is 324 g/mol. The Morgan fingerprint density at radius 2 is 2.25 bits per heavy atom. The van der Waals surface area contributed by atoms with E-state index in [9.17, 15) is 9.90 Å². The third kappa shape index (κ3) is 4.06. The first-order chi connectivity index (χ1) is 11.8. The van der Waals surface area contributed by atoms with Gasteiger partial charge in [0.05, 0.1) is 18.0 Å². The first-order valence-corrected chi connectivity index (χ1v) is 8.55.